The topological polar surface area (TPSA) is 73.9 Å². The van der Waals surface area contributed by atoms with Crippen LogP contribution in [0.25, 0.3) is 0 Å². The van der Waals surface area contributed by atoms with Crippen LogP contribution in [-0.2, 0) is 14.3 Å². The molecule has 1 aromatic rings. The van der Waals surface area contributed by atoms with Crippen molar-refractivity contribution in [3.8, 4) is 5.75 Å². The summed E-state index contributed by atoms with van der Waals surface area (Å²) in [5, 5.41) is 2.90. The van der Waals surface area contributed by atoms with Gasteiger partial charge in [-0.2, -0.15) is 0 Å². The Balaban J connectivity index is 3.04. The van der Waals surface area contributed by atoms with Gasteiger partial charge in [-0.1, -0.05) is 40.0 Å². The number of nitrogens with one attached hydrogen (secondary N) is 1. The first-order chi connectivity index (χ1) is 13.9. The van der Waals surface area contributed by atoms with Crippen LogP contribution in [0.15, 0.2) is 18.2 Å². The fourth-order valence-corrected chi connectivity index (χ4v) is 2.78. The second-order valence-electron chi connectivity index (χ2n) is 7.27. The van der Waals surface area contributed by atoms with Gasteiger partial charge in [0.2, 0.25) is 0 Å². The molecular weight excluding hydrogens is 370 g/mol. The van der Waals surface area contributed by atoms with Crippen molar-refractivity contribution in [2.24, 2.45) is 0 Å². The minimum Gasteiger partial charge on any atom is -0.493 e. The van der Waals surface area contributed by atoms with Gasteiger partial charge in [0.15, 0.2) is 0 Å². The molecule has 6 heteroatoms. The Labute approximate surface area is 175 Å². The lowest BCUT2D eigenvalue weighted by Crippen LogP contribution is -2.43. The van der Waals surface area contributed by atoms with Crippen molar-refractivity contribution in [2.75, 3.05) is 25.1 Å². The molecule has 164 valence electrons. The van der Waals surface area contributed by atoms with E-state index in [9.17, 15) is 9.59 Å². The molecule has 0 aliphatic heterocycles. The predicted molar refractivity (Wildman–Crippen MR) is 116 cm³/mol. The Morgan fingerprint density at radius 1 is 1.00 bits per heavy atom. The van der Waals surface area contributed by atoms with Gasteiger partial charge in [0, 0.05) is 12.3 Å². The van der Waals surface area contributed by atoms with E-state index in [0.717, 1.165) is 32.1 Å². The Hall–Kier alpha value is -2.08. The van der Waals surface area contributed by atoms with Crippen molar-refractivity contribution >= 4 is 17.6 Å². The highest BCUT2D eigenvalue weighted by molar-refractivity contribution is 5.99. The molecule has 0 fully saturated rings. The Bertz CT molecular complexity index is 636. The van der Waals surface area contributed by atoms with Crippen LogP contribution in [0.2, 0.25) is 0 Å². The summed E-state index contributed by atoms with van der Waals surface area (Å²) in [7, 11) is 0. The maximum Gasteiger partial charge on any atom is 0.341 e. The van der Waals surface area contributed by atoms with Crippen LogP contribution in [0.1, 0.15) is 83.5 Å². The molecule has 29 heavy (non-hydrogen) atoms. The zero-order valence-corrected chi connectivity index (χ0v) is 18.6. The minimum absolute atomic E-state index is 0.214. The average molecular weight is 408 g/mol. The first kappa shape index (κ1) is 25.0. The molecule has 1 atom stereocenters. The van der Waals surface area contributed by atoms with Crippen LogP contribution in [-0.4, -0.2) is 37.3 Å². The first-order valence-electron chi connectivity index (χ1n) is 10.8. The van der Waals surface area contributed by atoms with Gasteiger partial charge in [-0.3, -0.25) is 4.79 Å². The van der Waals surface area contributed by atoms with Crippen LogP contribution in [0.4, 0.5) is 5.69 Å². The fourth-order valence-electron chi connectivity index (χ4n) is 2.78. The molecule has 0 aliphatic carbocycles. The van der Waals surface area contributed by atoms with Crippen molar-refractivity contribution < 1.29 is 23.8 Å². The van der Waals surface area contributed by atoms with Crippen molar-refractivity contribution in [3.63, 3.8) is 0 Å². The van der Waals surface area contributed by atoms with E-state index in [1.54, 1.807) is 25.1 Å². The number of anilines is 1. The number of carbonyl (C=O) groups excluding carboxylic acids is 2. The van der Waals surface area contributed by atoms with Crippen LogP contribution < -0.4 is 10.1 Å². The van der Waals surface area contributed by atoms with E-state index >= 15 is 0 Å². The van der Waals surface area contributed by atoms with Gasteiger partial charge in [0.1, 0.15) is 16.9 Å². The number of unbranched alkanes of at least 4 members (excludes halogenated alkanes) is 2. The second kappa shape index (κ2) is 13.2. The quantitative estimate of drug-likeness (QED) is 0.332. The molecule has 0 spiro atoms. The molecule has 0 bridgehead atoms. The first-order valence-corrected chi connectivity index (χ1v) is 10.8. The maximum atomic E-state index is 13.0. The van der Waals surface area contributed by atoms with E-state index in [0.29, 0.717) is 36.6 Å². The summed E-state index contributed by atoms with van der Waals surface area (Å²) in [6.45, 7) is 11.1. The smallest absolute Gasteiger partial charge is 0.341 e. The van der Waals surface area contributed by atoms with E-state index in [4.69, 9.17) is 14.2 Å². The van der Waals surface area contributed by atoms with Crippen molar-refractivity contribution in [1.82, 2.24) is 0 Å². The van der Waals surface area contributed by atoms with Crippen molar-refractivity contribution in [1.29, 1.82) is 0 Å². The SMILES string of the molecule is CCCCOc1ccc(NC(=O)[C@](C)(CCCC)OCCC)cc1C(=O)OCC. The number of hydrogen-bond donors (Lipinski definition) is 1. The second-order valence-corrected chi connectivity index (χ2v) is 7.27. The third-order valence-electron chi connectivity index (χ3n) is 4.60. The number of benzene rings is 1. The zero-order valence-electron chi connectivity index (χ0n) is 18.6. The summed E-state index contributed by atoms with van der Waals surface area (Å²) in [4.78, 5) is 25.3. The summed E-state index contributed by atoms with van der Waals surface area (Å²) in [6.07, 6.45) is 5.24. The van der Waals surface area contributed by atoms with Gasteiger partial charge in [0.05, 0.1) is 13.2 Å². The third-order valence-corrected chi connectivity index (χ3v) is 4.60. The number of hydrogen-bond acceptors (Lipinski definition) is 5. The average Bonchev–Trinajstić information content (AvgIpc) is 2.71. The summed E-state index contributed by atoms with van der Waals surface area (Å²) in [5.74, 6) is -0.217. The van der Waals surface area contributed by atoms with E-state index in [1.165, 1.54) is 0 Å². The number of carbonyl (C=O) groups is 2. The molecule has 0 saturated heterocycles. The largest absolute Gasteiger partial charge is 0.493 e. The highest BCUT2D eigenvalue weighted by Gasteiger charge is 2.33. The molecule has 1 aromatic carbocycles. The Kier molecular flexibility index (Phi) is 11.4. The maximum absolute atomic E-state index is 13.0. The van der Waals surface area contributed by atoms with Gasteiger partial charge in [-0.05, 0) is 51.3 Å². The van der Waals surface area contributed by atoms with E-state index in [2.05, 4.69) is 19.2 Å². The molecule has 6 nitrogen and oxygen atoms in total. The lowest BCUT2D eigenvalue weighted by molar-refractivity contribution is -0.140. The summed E-state index contributed by atoms with van der Waals surface area (Å²) in [5.41, 5.74) is -0.0823. The van der Waals surface area contributed by atoms with Crippen LogP contribution in [0.3, 0.4) is 0 Å². The van der Waals surface area contributed by atoms with E-state index < -0.39 is 11.6 Å². The number of rotatable bonds is 14. The van der Waals surface area contributed by atoms with E-state index in [-0.39, 0.29) is 12.5 Å². The molecule has 0 aromatic heterocycles. The molecule has 1 amide bonds. The fraction of sp³-hybridized carbons (Fsp3) is 0.652. The standard InChI is InChI=1S/C23H37NO5/c1-6-10-14-23(5,29-15-8-3)22(26)24-18-12-13-20(28-16-11-7-2)19(17-18)21(25)27-9-4/h12-13,17H,6-11,14-16H2,1-5H3,(H,24,26)/t23-/m0/s1. The molecule has 0 radical (unpaired) electrons. The Morgan fingerprint density at radius 2 is 1.72 bits per heavy atom. The van der Waals surface area contributed by atoms with Crippen molar-refractivity contribution in [2.45, 2.75) is 78.7 Å². The monoisotopic (exact) mass is 407 g/mol. The summed E-state index contributed by atoms with van der Waals surface area (Å²) < 4.78 is 16.8. The number of ether oxygens (including phenoxy) is 3. The highest BCUT2D eigenvalue weighted by atomic mass is 16.5. The van der Waals surface area contributed by atoms with Gasteiger partial charge < -0.3 is 19.5 Å². The van der Waals surface area contributed by atoms with E-state index in [1.807, 2.05) is 13.8 Å². The summed E-state index contributed by atoms with van der Waals surface area (Å²) in [6, 6.07) is 5.05. The molecule has 1 rings (SSSR count). The van der Waals surface area contributed by atoms with Crippen molar-refractivity contribution in [3.05, 3.63) is 23.8 Å². The summed E-state index contributed by atoms with van der Waals surface area (Å²) >= 11 is 0. The van der Waals surface area contributed by atoms with Crippen LogP contribution in [0.5, 0.6) is 5.75 Å². The zero-order chi connectivity index (χ0) is 21.7. The molecular formula is C23H37NO5. The van der Waals surface area contributed by atoms with Crippen LogP contribution in [0, 0.1) is 0 Å². The Morgan fingerprint density at radius 3 is 2.34 bits per heavy atom. The number of amides is 1. The van der Waals surface area contributed by atoms with Gasteiger partial charge >= 0.3 is 5.97 Å². The van der Waals surface area contributed by atoms with Gasteiger partial charge in [0.25, 0.3) is 5.91 Å². The van der Waals surface area contributed by atoms with Gasteiger partial charge in [-0.15, -0.1) is 0 Å². The predicted octanol–water partition coefficient (Wildman–Crippen LogP) is 5.36. The molecule has 1 N–H and O–H groups in total. The van der Waals surface area contributed by atoms with Crippen LogP contribution >= 0.6 is 0 Å². The normalized spacial score (nSPS) is 12.9. The molecule has 0 saturated carbocycles. The third kappa shape index (κ3) is 8.05. The number of esters is 1. The lowest BCUT2D eigenvalue weighted by Gasteiger charge is -2.28. The van der Waals surface area contributed by atoms with Gasteiger partial charge in [-0.25, -0.2) is 4.79 Å². The molecule has 0 heterocycles. The minimum atomic E-state index is -0.910. The highest BCUT2D eigenvalue weighted by Crippen LogP contribution is 2.27. The molecule has 0 aliphatic rings. The lowest BCUT2D eigenvalue weighted by atomic mass is 9.97. The molecule has 0 unspecified atom stereocenters.